The summed E-state index contributed by atoms with van der Waals surface area (Å²) in [7, 11) is -3.61. The Labute approximate surface area is 136 Å². The molecule has 1 aliphatic rings. The first-order valence-corrected chi connectivity index (χ1v) is 9.01. The van der Waals surface area contributed by atoms with Gasteiger partial charge >= 0.3 is 0 Å². The number of hydrogen-bond acceptors (Lipinski definition) is 5. The number of nitrogens with zero attached hydrogens (tertiary/aromatic N) is 2. The highest BCUT2D eigenvalue weighted by Gasteiger charge is 2.34. The van der Waals surface area contributed by atoms with Gasteiger partial charge in [0, 0.05) is 13.1 Å². The predicted molar refractivity (Wildman–Crippen MR) is 84.6 cm³/mol. The van der Waals surface area contributed by atoms with Gasteiger partial charge in [0.05, 0.1) is 12.7 Å². The normalized spacial score (nSPS) is 19.8. The van der Waals surface area contributed by atoms with Gasteiger partial charge in [-0.15, -0.1) is 0 Å². The third kappa shape index (κ3) is 3.31. The molecule has 7 heteroatoms. The highest BCUT2D eigenvalue weighted by molar-refractivity contribution is 7.89. The quantitative estimate of drug-likeness (QED) is 0.853. The summed E-state index contributed by atoms with van der Waals surface area (Å²) in [5.74, 6) is 0.327. The monoisotopic (exact) mass is 336 g/mol. The standard InChI is InChI=1S/C16H20N2O4S/c1-12-16(13(2)22-17-12)23(19,20)18-8-9-21-15(11-18)10-14-6-4-3-5-7-14/h3-7,15H,8-11H2,1-2H3. The Morgan fingerprint density at radius 3 is 2.65 bits per heavy atom. The molecule has 1 aromatic carbocycles. The molecule has 6 nitrogen and oxygen atoms in total. The highest BCUT2D eigenvalue weighted by atomic mass is 32.2. The Hall–Kier alpha value is -1.70. The molecule has 3 rings (SSSR count). The number of aryl methyl sites for hydroxylation is 2. The van der Waals surface area contributed by atoms with Crippen LogP contribution in [-0.4, -0.2) is 43.7 Å². The van der Waals surface area contributed by atoms with E-state index in [9.17, 15) is 8.42 Å². The van der Waals surface area contributed by atoms with Crippen molar-refractivity contribution >= 4 is 10.0 Å². The van der Waals surface area contributed by atoms with Gasteiger partial charge in [0.25, 0.3) is 0 Å². The van der Waals surface area contributed by atoms with E-state index in [0.29, 0.717) is 37.6 Å². The zero-order valence-corrected chi connectivity index (χ0v) is 14.0. The van der Waals surface area contributed by atoms with Gasteiger partial charge in [0.2, 0.25) is 10.0 Å². The lowest BCUT2D eigenvalue weighted by Crippen LogP contribution is -2.46. The topological polar surface area (TPSA) is 72.6 Å². The average Bonchev–Trinajstić information content (AvgIpc) is 2.88. The minimum Gasteiger partial charge on any atom is -0.375 e. The van der Waals surface area contributed by atoms with Crippen LogP contribution in [0.3, 0.4) is 0 Å². The van der Waals surface area contributed by atoms with Crippen molar-refractivity contribution in [3.63, 3.8) is 0 Å². The molecule has 1 aromatic heterocycles. The summed E-state index contributed by atoms with van der Waals surface area (Å²) in [6.07, 6.45) is 0.537. The van der Waals surface area contributed by atoms with Crippen LogP contribution in [0.5, 0.6) is 0 Å². The van der Waals surface area contributed by atoms with Gasteiger partial charge in [-0.25, -0.2) is 8.42 Å². The predicted octanol–water partition coefficient (Wildman–Crippen LogP) is 1.92. The fourth-order valence-electron chi connectivity index (χ4n) is 2.88. The molecule has 23 heavy (non-hydrogen) atoms. The fourth-order valence-corrected chi connectivity index (χ4v) is 4.63. The second-order valence-electron chi connectivity index (χ2n) is 5.70. The smallest absolute Gasteiger partial charge is 0.248 e. The van der Waals surface area contributed by atoms with Crippen molar-refractivity contribution in [3.8, 4) is 0 Å². The van der Waals surface area contributed by atoms with Crippen molar-refractivity contribution in [2.45, 2.75) is 31.3 Å². The van der Waals surface area contributed by atoms with Crippen molar-refractivity contribution < 1.29 is 17.7 Å². The van der Waals surface area contributed by atoms with E-state index in [2.05, 4.69) is 5.16 Å². The molecule has 0 bridgehead atoms. The van der Waals surface area contributed by atoms with Crippen LogP contribution in [0.1, 0.15) is 17.0 Å². The summed E-state index contributed by atoms with van der Waals surface area (Å²) in [6.45, 7) is 4.33. The molecule has 0 spiro atoms. The van der Waals surface area contributed by atoms with Gasteiger partial charge < -0.3 is 9.26 Å². The summed E-state index contributed by atoms with van der Waals surface area (Å²) >= 11 is 0. The van der Waals surface area contributed by atoms with Gasteiger partial charge in [0.1, 0.15) is 10.6 Å². The van der Waals surface area contributed by atoms with Gasteiger partial charge in [-0.3, -0.25) is 0 Å². The summed E-state index contributed by atoms with van der Waals surface area (Å²) in [6, 6.07) is 9.93. The number of rotatable bonds is 4. The van der Waals surface area contributed by atoms with E-state index >= 15 is 0 Å². The SMILES string of the molecule is Cc1noc(C)c1S(=O)(=O)N1CCOC(Cc2ccccc2)C1. The van der Waals surface area contributed by atoms with E-state index in [1.165, 1.54) is 4.31 Å². The maximum absolute atomic E-state index is 12.9. The van der Waals surface area contributed by atoms with Crippen LogP contribution in [-0.2, 0) is 21.2 Å². The van der Waals surface area contributed by atoms with E-state index in [0.717, 1.165) is 5.56 Å². The van der Waals surface area contributed by atoms with Crippen molar-refractivity contribution in [1.29, 1.82) is 0 Å². The van der Waals surface area contributed by atoms with Crippen LogP contribution in [0, 0.1) is 13.8 Å². The molecule has 1 unspecified atom stereocenters. The fraction of sp³-hybridized carbons (Fsp3) is 0.438. The number of benzene rings is 1. The van der Waals surface area contributed by atoms with Gasteiger partial charge in [-0.1, -0.05) is 35.5 Å². The second kappa shape index (κ2) is 6.43. The summed E-state index contributed by atoms with van der Waals surface area (Å²) in [5.41, 5.74) is 1.53. The molecule has 0 aliphatic carbocycles. The molecule has 1 fully saturated rings. The first-order chi connectivity index (χ1) is 11.0. The Bertz CT molecular complexity index is 751. The Morgan fingerprint density at radius 1 is 1.26 bits per heavy atom. The number of hydrogen-bond donors (Lipinski definition) is 0. The van der Waals surface area contributed by atoms with Crippen molar-refractivity contribution in [1.82, 2.24) is 9.46 Å². The first kappa shape index (κ1) is 16.2. The Morgan fingerprint density at radius 2 is 2.00 bits per heavy atom. The van der Waals surface area contributed by atoms with Crippen molar-refractivity contribution in [3.05, 3.63) is 47.3 Å². The molecule has 1 aliphatic heterocycles. The average molecular weight is 336 g/mol. The minimum atomic E-state index is -3.61. The highest BCUT2D eigenvalue weighted by Crippen LogP contribution is 2.25. The zero-order valence-electron chi connectivity index (χ0n) is 13.2. The molecular weight excluding hydrogens is 316 g/mol. The Kier molecular flexibility index (Phi) is 4.52. The second-order valence-corrected chi connectivity index (χ2v) is 7.57. The Balaban J connectivity index is 1.78. The molecular formula is C16H20N2O4S. The maximum atomic E-state index is 12.9. The molecule has 0 radical (unpaired) electrons. The molecule has 0 saturated carbocycles. The van der Waals surface area contributed by atoms with Crippen LogP contribution in [0.4, 0.5) is 0 Å². The van der Waals surface area contributed by atoms with Crippen LogP contribution in [0.25, 0.3) is 0 Å². The number of aromatic nitrogens is 1. The minimum absolute atomic E-state index is 0.151. The van der Waals surface area contributed by atoms with Crippen molar-refractivity contribution in [2.75, 3.05) is 19.7 Å². The summed E-state index contributed by atoms with van der Waals surface area (Å²) < 4.78 is 37.9. The molecule has 0 N–H and O–H groups in total. The zero-order chi connectivity index (χ0) is 16.4. The molecule has 1 saturated heterocycles. The van der Waals surface area contributed by atoms with Gasteiger partial charge in [-0.05, 0) is 25.8 Å². The lowest BCUT2D eigenvalue weighted by Gasteiger charge is -2.32. The van der Waals surface area contributed by atoms with Crippen LogP contribution >= 0.6 is 0 Å². The van der Waals surface area contributed by atoms with E-state index in [-0.39, 0.29) is 11.0 Å². The molecule has 2 heterocycles. The van der Waals surface area contributed by atoms with Gasteiger partial charge in [-0.2, -0.15) is 4.31 Å². The summed E-state index contributed by atoms with van der Waals surface area (Å²) in [5, 5.41) is 3.75. The van der Waals surface area contributed by atoms with Crippen LogP contribution < -0.4 is 0 Å². The van der Waals surface area contributed by atoms with E-state index < -0.39 is 10.0 Å². The molecule has 2 aromatic rings. The van der Waals surface area contributed by atoms with E-state index in [1.807, 2.05) is 30.3 Å². The lowest BCUT2D eigenvalue weighted by molar-refractivity contribution is -0.000527. The maximum Gasteiger partial charge on any atom is 0.248 e. The first-order valence-electron chi connectivity index (χ1n) is 7.57. The number of sulfonamides is 1. The third-order valence-electron chi connectivity index (χ3n) is 3.97. The van der Waals surface area contributed by atoms with Crippen molar-refractivity contribution in [2.24, 2.45) is 0 Å². The van der Waals surface area contributed by atoms with E-state index in [4.69, 9.17) is 9.26 Å². The number of ether oxygens (including phenoxy) is 1. The van der Waals surface area contributed by atoms with Gasteiger partial charge in [0.15, 0.2) is 5.76 Å². The summed E-state index contributed by atoms with van der Waals surface area (Å²) in [4.78, 5) is 0.179. The van der Waals surface area contributed by atoms with E-state index in [1.54, 1.807) is 13.8 Å². The lowest BCUT2D eigenvalue weighted by atomic mass is 10.1. The molecule has 0 amide bonds. The molecule has 1 atom stereocenters. The largest absolute Gasteiger partial charge is 0.375 e. The molecule has 124 valence electrons. The van der Waals surface area contributed by atoms with Crippen LogP contribution in [0.15, 0.2) is 39.8 Å². The van der Waals surface area contributed by atoms with Crippen LogP contribution in [0.2, 0.25) is 0 Å². The third-order valence-corrected chi connectivity index (χ3v) is 6.08. The number of morpholine rings is 1.